The highest BCUT2D eigenvalue weighted by atomic mass is 16.5. The summed E-state index contributed by atoms with van der Waals surface area (Å²) in [5.41, 5.74) is 0.485. The van der Waals surface area contributed by atoms with E-state index in [0.29, 0.717) is 37.0 Å². The number of hydrogen-bond acceptors (Lipinski definition) is 4. The van der Waals surface area contributed by atoms with Crippen molar-refractivity contribution in [3.05, 3.63) is 23.5 Å². The van der Waals surface area contributed by atoms with Gasteiger partial charge in [0, 0.05) is 24.9 Å². The largest absolute Gasteiger partial charge is 0.493 e. The number of pyridine rings is 1. The molecule has 2 aliphatic rings. The first-order valence-corrected chi connectivity index (χ1v) is 9.70. The van der Waals surface area contributed by atoms with E-state index >= 15 is 0 Å². The van der Waals surface area contributed by atoms with Gasteiger partial charge < -0.3 is 15.4 Å². The molecule has 1 heterocycles. The molecule has 0 aromatic carbocycles. The third-order valence-corrected chi connectivity index (χ3v) is 5.54. The molecule has 6 nitrogen and oxygen atoms in total. The van der Waals surface area contributed by atoms with Gasteiger partial charge in [0.05, 0.1) is 6.61 Å². The Morgan fingerprint density at radius 3 is 2.46 bits per heavy atom. The number of nitrogens with zero attached hydrogens (tertiary/aromatic N) is 1. The van der Waals surface area contributed by atoms with Crippen LogP contribution in [0.1, 0.15) is 74.3 Å². The maximum absolute atomic E-state index is 12.8. The van der Waals surface area contributed by atoms with Crippen LogP contribution < -0.4 is 15.4 Å². The molecule has 2 aliphatic carbocycles. The molecule has 3 rings (SSSR count). The summed E-state index contributed by atoms with van der Waals surface area (Å²) < 4.78 is 6.01. The lowest BCUT2D eigenvalue weighted by Crippen LogP contribution is -2.57. The Labute approximate surface area is 155 Å². The van der Waals surface area contributed by atoms with E-state index in [1.807, 2.05) is 13.8 Å². The zero-order chi connectivity index (χ0) is 18.7. The molecular formula is C20H29N3O3. The summed E-state index contributed by atoms with van der Waals surface area (Å²) in [7, 11) is 1.58. The minimum absolute atomic E-state index is 0.185. The molecule has 2 saturated carbocycles. The summed E-state index contributed by atoms with van der Waals surface area (Å²) in [6.07, 6.45) is 7.54. The van der Waals surface area contributed by atoms with Gasteiger partial charge in [0.25, 0.3) is 5.91 Å². The fourth-order valence-electron chi connectivity index (χ4n) is 3.22. The quantitative estimate of drug-likeness (QED) is 0.710. The molecule has 142 valence electrons. The van der Waals surface area contributed by atoms with Crippen LogP contribution in [0.2, 0.25) is 0 Å². The number of rotatable bonds is 9. The van der Waals surface area contributed by atoms with Gasteiger partial charge in [0.1, 0.15) is 17.0 Å². The van der Waals surface area contributed by atoms with Crippen molar-refractivity contribution in [1.82, 2.24) is 15.6 Å². The van der Waals surface area contributed by atoms with Gasteiger partial charge in [0.2, 0.25) is 5.91 Å². The van der Waals surface area contributed by atoms with Crippen LogP contribution in [0.5, 0.6) is 5.75 Å². The van der Waals surface area contributed by atoms with Gasteiger partial charge in [-0.05, 0) is 50.4 Å². The molecule has 0 atom stereocenters. The molecule has 0 bridgehead atoms. The molecule has 2 N–H and O–H groups in total. The highest BCUT2D eigenvalue weighted by Crippen LogP contribution is 2.44. The van der Waals surface area contributed by atoms with Crippen LogP contribution >= 0.6 is 0 Å². The van der Waals surface area contributed by atoms with E-state index < -0.39 is 5.54 Å². The Morgan fingerprint density at radius 1 is 1.23 bits per heavy atom. The highest BCUT2D eigenvalue weighted by molar-refractivity contribution is 5.98. The molecule has 2 amide bonds. The van der Waals surface area contributed by atoms with Crippen molar-refractivity contribution in [2.24, 2.45) is 5.92 Å². The van der Waals surface area contributed by atoms with Gasteiger partial charge in [0.15, 0.2) is 0 Å². The van der Waals surface area contributed by atoms with E-state index in [1.165, 1.54) is 12.8 Å². The molecular weight excluding hydrogens is 330 g/mol. The van der Waals surface area contributed by atoms with E-state index in [9.17, 15) is 9.59 Å². The van der Waals surface area contributed by atoms with E-state index in [2.05, 4.69) is 15.6 Å². The number of carbonyl (C=O) groups is 2. The molecule has 26 heavy (non-hydrogen) atoms. The van der Waals surface area contributed by atoms with E-state index in [1.54, 1.807) is 19.3 Å². The number of likely N-dealkylation sites (N-methyl/N-ethyl adjacent to an activating group) is 1. The second-order valence-electron chi connectivity index (χ2n) is 7.46. The molecule has 0 saturated heterocycles. The Kier molecular flexibility index (Phi) is 5.49. The van der Waals surface area contributed by atoms with Gasteiger partial charge in [-0.15, -0.1) is 0 Å². The summed E-state index contributed by atoms with van der Waals surface area (Å²) in [4.78, 5) is 29.4. The number of aromatic nitrogens is 1. The lowest BCUT2D eigenvalue weighted by atomic mass is 9.91. The SMILES string of the molecule is CCC(CC)(NC(=O)c1cc(OCC2CC2)c(C2CC2)cn1)C(=O)NC. The Bertz CT molecular complexity index is 677. The van der Waals surface area contributed by atoms with Gasteiger partial charge in [-0.3, -0.25) is 14.6 Å². The summed E-state index contributed by atoms with van der Waals surface area (Å²) in [6, 6.07) is 1.74. The molecule has 1 aromatic rings. The predicted octanol–water partition coefficient (Wildman–Crippen LogP) is 2.78. The number of nitrogens with one attached hydrogen (secondary N) is 2. The van der Waals surface area contributed by atoms with Crippen LogP contribution in [0.4, 0.5) is 0 Å². The lowest BCUT2D eigenvalue weighted by molar-refractivity contribution is -0.127. The molecule has 6 heteroatoms. The monoisotopic (exact) mass is 359 g/mol. The molecule has 1 aromatic heterocycles. The lowest BCUT2D eigenvalue weighted by Gasteiger charge is -2.30. The van der Waals surface area contributed by atoms with Gasteiger partial charge >= 0.3 is 0 Å². The molecule has 2 fully saturated rings. The zero-order valence-electron chi connectivity index (χ0n) is 15.9. The van der Waals surface area contributed by atoms with Gasteiger partial charge in [-0.25, -0.2) is 0 Å². The molecule has 0 radical (unpaired) electrons. The molecule has 0 spiro atoms. The summed E-state index contributed by atoms with van der Waals surface area (Å²) in [5.74, 6) is 1.41. The maximum atomic E-state index is 12.8. The minimum Gasteiger partial charge on any atom is -0.493 e. The Balaban J connectivity index is 1.79. The first-order valence-electron chi connectivity index (χ1n) is 9.70. The van der Waals surface area contributed by atoms with Crippen molar-refractivity contribution in [3.8, 4) is 5.75 Å². The van der Waals surface area contributed by atoms with Crippen molar-refractivity contribution in [3.63, 3.8) is 0 Å². The fourth-order valence-corrected chi connectivity index (χ4v) is 3.22. The third-order valence-electron chi connectivity index (χ3n) is 5.54. The number of ether oxygens (including phenoxy) is 1. The minimum atomic E-state index is -0.919. The smallest absolute Gasteiger partial charge is 0.270 e. The number of carbonyl (C=O) groups excluding carboxylic acids is 2. The van der Waals surface area contributed by atoms with Crippen LogP contribution in [-0.2, 0) is 4.79 Å². The zero-order valence-corrected chi connectivity index (χ0v) is 15.9. The maximum Gasteiger partial charge on any atom is 0.270 e. The van der Waals surface area contributed by atoms with Crippen LogP contribution in [0.25, 0.3) is 0 Å². The molecule has 0 unspecified atom stereocenters. The predicted molar refractivity (Wildman–Crippen MR) is 99.3 cm³/mol. The van der Waals surface area contributed by atoms with Crippen molar-refractivity contribution in [2.75, 3.05) is 13.7 Å². The van der Waals surface area contributed by atoms with Crippen molar-refractivity contribution < 1.29 is 14.3 Å². The van der Waals surface area contributed by atoms with E-state index in [-0.39, 0.29) is 11.8 Å². The summed E-state index contributed by atoms with van der Waals surface area (Å²) in [5, 5.41) is 5.55. The van der Waals surface area contributed by atoms with Crippen molar-refractivity contribution >= 4 is 11.8 Å². The number of hydrogen-bond donors (Lipinski definition) is 2. The van der Waals surface area contributed by atoms with Gasteiger partial charge in [-0.2, -0.15) is 0 Å². The first kappa shape index (κ1) is 18.7. The second kappa shape index (κ2) is 7.64. The van der Waals surface area contributed by atoms with Crippen molar-refractivity contribution in [2.45, 2.75) is 63.8 Å². The topological polar surface area (TPSA) is 80.3 Å². The molecule has 0 aliphatic heterocycles. The standard InChI is InChI=1S/C20H29N3O3/c1-4-20(5-2,19(25)21-3)23-18(24)16-10-17(26-12-13-6-7-13)15(11-22-16)14-8-9-14/h10-11,13-14H,4-9,12H2,1-3H3,(H,21,25)(H,23,24). The van der Waals surface area contributed by atoms with E-state index in [4.69, 9.17) is 4.74 Å². The average molecular weight is 359 g/mol. The highest BCUT2D eigenvalue weighted by Gasteiger charge is 2.36. The summed E-state index contributed by atoms with van der Waals surface area (Å²) in [6.45, 7) is 4.50. The van der Waals surface area contributed by atoms with Crippen LogP contribution in [-0.4, -0.2) is 36.0 Å². The normalized spacial score (nSPS) is 16.9. The Hall–Kier alpha value is -2.11. The Morgan fingerprint density at radius 2 is 1.92 bits per heavy atom. The number of amides is 2. The van der Waals surface area contributed by atoms with Crippen LogP contribution in [0.3, 0.4) is 0 Å². The summed E-state index contributed by atoms with van der Waals surface area (Å²) >= 11 is 0. The van der Waals surface area contributed by atoms with Crippen LogP contribution in [0.15, 0.2) is 12.3 Å². The van der Waals surface area contributed by atoms with Crippen LogP contribution in [0, 0.1) is 5.92 Å². The fraction of sp³-hybridized carbons (Fsp3) is 0.650. The average Bonchev–Trinajstić information content (AvgIpc) is 3.57. The van der Waals surface area contributed by atoms with Gasteiger partial charge in [-0.1, -0.05) is 13.8 Å². The van der Waals surface area contributed by atoms with E-state index in [0.717, 1.165) is 24.2 Å². The third kappa shape index (κ3) is 4.00. The second-order valence-corrected chi connectivity index (χ2v) is 7.46. The van der Waals surface area contributed by atoms with Crippen molar-refractivity contribution in [1.29, 1.82) is 0 Å². The first-order chi connectivity index (χ1) is 12.5.